The van der Waals surface area contributed by atoms with Crippen molar-refractivity contribution in [3.05, 3.63) is 46.4 Å². The predicted octanol–water partition coefficient (Wildman–Crippen LogP) is 4.69. The molecule has 4 heteroatoms. The normalized spacial score (nSPS) is 16.4. The third-order valence-corrected chi connectivity index (χ3v) is 5.10. The van der Waals surface area contributed by atoms with Gasteiger partial charge in [0.05, 0.1) is 0 Å². The summed E-state index contributed by atoms with van der Waals surface area (Å²) in [4.78, 5) is 14.5. The van der Waals surface area contributed by atoms with E-state index in [1.807, 2.05) is 35.2 Å². The minimum absolute atomic E-state index is 0.132. The van der Waals surface area contributed by atoms with Crippen LogP contribution in [0.4, 0.5) is 0 Å². The predicted molar refractivity (Wildman–Crippen MR) is 91.0 cm³/mol. The van der Waals surface area contributed by atoms with E-state index in [0.29, 0.717) is 11.8 Å². The van der Waals surface area contributed by atoms with Crippen molar-refractivity contribution in [1.29, 1.82) is 0 Å². The molecule has 0 radical (unpaired) electrons. The van der Waals surface area contributed by atoms with Gasteiger partial charge in [-0.05, 0) is 53.8 Å². The fourth-order valence-corrected chi connectivity index (χ4v) is 3.51. The molecule has 21 heavy (non-hydrogen) atoms. The number of likely N-dealkylation sites (tertiary alicyclic amines) is 1. The van der Waals surface area contributed by atoms with E-state index in [2.05, 4.69) is 22.0 Å². The fourth-order valence-electron chi connectivity index (χ4n) is 2.82. The van der Waals surface area contributed by atoms with Gasteiger partial charge in [0.25, 0.3) is 5.91 Å². The number of carbonyl (C=O) groups excluding carboxylic acids is 1. The molecule has 0 N–H and O–H groups in total. The highest BCUT2D eigenvalue weighted by atomic mass is 79.9. The number of hydrogen-bond donors (Lipinski definition) is 0. The van der Waals surface area contributed by atoms with Crippen molar-refractivity contribution in [1.82, 2.24) is 4.90 Å². The molecule has 0 saturated carbocycles. The highest BCUT2D eigenvalue weighted by Gasteiger charge is 2.23. The zero-order chi connectivity index (χ0) is 14.8. The minimum Gasteiger partial charge on any atom is -0.339 e. The van der Waals surface area contributed by atoms with E-state index in [0.717, 1.165) is 46.7 Å². The second kappa shape index (κ2) is 6.37. The van der Waals surface area contributed by atoms with Gasteiger partial charge in [0, 0.05) is 29.0 Å². The average molecular weight is 367 g/mol. The lowest BCUT2D eigenvalue weighted by Gasteiger charge is -2.31. The Bertz CT molecular complexity index is 665. The third kappa shape index (κ3) is 3.24. The summed E-state index contributed by atoms with van der Waals surface area (Å²) in [5.74, 6) is 1.39. The third-order valence-electron chi connectivity index (χ3n) is 4.17. The lowest BCUT2D eigenvalue weighted by Crippen LogP contribution is -2.38. The van der Waals surface area contributed by atoms with Crippen LogP contribution in [0.5, 0.6) is 0 Å². The zero-order valence-corrected chi connectivity index (χ0v) is 14.0. The Balaban J connectivity index is 1.80. The monoisotopic (exact) mass is 365 g/mol. The van der Waals surface area contributed by atoms with Crippen molar-refractivity contribution in [3.8, 4) is 0 Å². The Kier molecular flexibility index (Phi) is 4.51. The van der Waals surface area contributed by atoms with Crippen molar-refractivity contribution < 1.29 is 4.79 Å². The van der Waals surface area contributed by atoms with Gasteiger partial charge in [-0.2, -0.15) is 0 Å². The first kappa shape index (κ1) is 14.9. The first-order chi connectivity index (χ1) is 10.2. The number of benzene rings is 2. The van der Waals surface area contributed by atoms with Crippen LogP contribution >= 0.6 is 27.5 Å². The zero-order valence-electron chi connectivity index (χ0n) is 11.7. The second-order valence-corrected chi connectivity index (χ2v) is 6.82. The molecular formula is C17H17BrClNO. The van der Waals surface area contributed by atoms with Gasteiger partial charge in [-0.3, -0.25) is 4.79 Å². The smallest absolute Gasteiger partial charge is 0.253 e. The standard InChI is InChI=1S/C17H17BrClNO/c18-16-4-3-13-9-15(2-1-14(13)10-16)17(21)20-7-5-12(11-19)6-8-20/h1-4,9-10,12H,5-8,11H2. The number of carbonyl (C=O) groups is 1. The molecule has 1 aliphatic rings. The molecule has 1 saturated heterocycles. The molecule has 2 aromatic rings. The summed E-state index contributed by atoms with van der Waals surface area (Å²) >= 11 is 9.36. The van der Waals surface area contributed by atoms with E-state index in [1.54, 1.807) is 0 Å². The molecule has 1 heterocycles. The van der Waals surface area contributed by atoms with E-state index in [4.69, 9.17) is 11.6 Å². The highest BCUT2D eigenvalue weighted by molar-refractivity contribution is 9.10. The fraction of sp³-hybridized carbons (Fsp3) is 0.353. The molecule has 1 fully saturated rings. The molecule has 2 aromatic carbocycles. The Morgan fingerprint density at radius 2 is 1.81 bits per heavy atom. The van der Waals surface area contributed by atoms with Crippen LogP contribution in [0, 0.1) is 5.92 Å². The van der Waals surface area contributed by atoms with Gasteiger partial charge >= 0.3 is 0 Å². The molecule has 0 bridgehead atoms. The summed E-state index contributed by atoms with van der Waals surface area (Å²) in [6.07, 6.45) is 2.02. The highest BCUT2D eigenvalue weighted by Crippen LogP contribution is 2.23. The molecule has 110 valence electrons. The second-order valence-electron chi connectivity index (χ2n) is 5.60. The van der Waals surface area contributed by atoms with Gasteiger partial charge in [-0.25, -0.2) is 0 Å². The van der Waals surface area contributed by atoms with Crippen LogP contribution in [0.25, 0.3) is 10.8 Å². The average Bonchev–Trinajstić information content (AvgIpc) is 2.53. The van der Waals surface area contributed by atoms with Crippen LogP contribution in [0.2, 0.25) is 0 Å². The lowest BCUT2D eigenvalue weighted by atomic mass is 9.98. The molecule has 0 aromatic heterocycles. The Morgan fingerprint density at radius 1 is 1.14 bits per heavy atom. The van der Waals surface area contributed by atoms with Crippen LogP contribution in [-0.2, 0) is 0 Å². The number of amides is 1. The largest absolute Gasteiger partial charge is 0.339 e. The van der Waals surface area contributed by atoms with E-state index in [-0.39, 0.29) is 5.91 Å². The van der Waals surface area contributed by atoms with Crippen LogP contribution < -0.4 is 0 Å². The van der Waals surface area contributed by atoms with Gasteiger partial charge in [0.1, 0.15) is 0 Å². The number of piperidine rings is 1. The van der Waals surface area contributed by atoms with Gasteiger partial charge < -0.3 is 4.90 Å². The van der Waals surface area contributed by atoms with Gasteiger partial charge in [-0.15, -0.1) is 11.6 Å². The van der Waals surface area contributed by atoms with Gasteiger partial charge in [0.15, 0.2) is 0 Å². The van der Waals surface area contributed by atoms with E-state index in [9.17, 15) is 4.79 Å². The molecule has 0 unspecified atom stereocenters. The van der Waals surface area contributed by atoms with Gasteiger partial charge in [0.2, 0.25) is 0 Å². The summed E-state index contributed by atoms with van der Waals surface area (Å²) in [6.45, 7) is 1.63. The number of rotatable bonds is 2. The number of hydrogen-bond acceptors (Lipinski definition) is 1. The van der Waals surface area contributed by atoms with E-state index >= 15 is 0 Å². The van der Waals surface area contributed by atoms with Crippen LogP contribution in [0.3, 0.4) is 0 Å². The number of alkyl halides is 1. The molecule has 1 amide bonds. The molecule has 2 nitrogen and oxygen atoms in total. The summed E-state index contributed by atoms with van der Waals surface area (Å²) in [5, 5.41) is 2.24. The van der Waals surface area contributed by atoms with E-state index < -0.39 is 0 Å². The maximum atomic E-state index is 12.6. The van der Waals surface area contributed by atoms with E-state index in [1.165, 1.54) is 0 Å². The van der Waals surface area contributed by atoms with Crippen molar-refractivity contribution in [2.24, 2.45) is 5.92 Å². The van der Waals surface area contributed by atoms with Crippen molar-refractivity contribution in [3.63, 3.8) is 0 Å². The van der Waals surface area contributed by atoms with Crippen molar-refractivity contribution in [2.45, 2.75) is 12.8 Å². The first-order valence-electron chi connectivity index (χ1n) is 7.22. The number of fused-ring (bicyclic) bond motifs is 1. The van der Waals surface area contributed by atoms with Crippen LogP contribution in [0.15, 0.2) is 40.9 Å². The molecule has 0 atom stereocenters. The van der Waals surface area contributed by atoms with Crippen LogP contribution in [0.1, 0.15) is 23.2 Å². The molecular weight excluding hydrogens is 350 g/mol. The SMILES string of the molecule is O=C(c1ccc2cc(Br)ccc2c1)N1CCC(CCl)CC1. The minimum atomic E-state index is 0.132. The quantitative estimate of drug-likeness (QED) is 0.706. The van der Waals surface area contributed by atoms with Crippen molar-refractivity contribution in [2.75, 3.05) is 19.0 Å². The maximum Gasteiger partial charge on any atom is 0.253 e. The molecule has 0 aliphatic carbocycles. The van der Waals surface area contributed by atoms with Crippen LogP contribution in [-0.4, -0.2) is 29.8 Å². The number of halogens is 2. The summed E-state index contributed by atoms with van der Waals surface area (Å²) in [5.41, 5.74) is 0.772. The molecule has 0 spiro atoms. The topological polar surface area (TPSA) is 20.3 Å². The maximum absolute atomic E-state index is 12.6. The Labute approximate surface area is 138 Å². The molecule has 1 aliphatic heterocycles. The van der Waals surface area contributed by atoms with Crippen molar-refractivity contribution >= 4 is 44.2 Å². The molecule has 3 rings (SSSR count). The summed E-state index contributed by atoms with van der Waals surface area (Å²) in [6, 6.07) is 12.0. The first-order valence-corrected chi connectivity index (χ1v) is 8.54. The Morgan fingerprint density at radius 3 is 2.52 bits per heavy atom. The lowest BCUT2D eigenvalue weighted by molar-refractivity contribution is 0.0698. The van der Waals surface area contributed by atoms with Gasteiger partial charge in [-0.1, -0.05) is 28.1 Å². The number of nitrogens with zero attached hydrogens (tertiary/aromatic N) is 1. The summed E-state index contributed by atoms with van der Waals surface area (Å²) in [7, 11) is 0. The summed E-state index contributed by atoms with van der Waals surface area (Å²) < 4.78 is 1.05. The Hall–Kier alpha value is -1.06.